The Bertz CT molecular complexity index is 1430. The molecule has 0 radical (unpaired) electrons. The lowest BCUT2D eigenvalue weighted by Crippen LogP contribution is -2.25. The fourth-order valence-electron chi connectivity index (χ4n) is 4.85. The number of aromatic nitrogens is 2. The lowest BCUT2D eigenvalue weighted by Gasteiger charge is -2.16. The molecule has 2 atom stereocenters. The van der Waals surface area contributed by atoms with Gasteiger partial charge < -0.3 is 23.2 Å². The van der Waals surface area contributed by atoms with Crippen LogP contribution in [0.5, 0.6) is 5.75 Å². The smallest absolute Gasteiger partial charge is 0.436 e. The van der Waals surface area contributed by atoms with Gasteiger partial charge in [-0.3, -0.25) is 4.79 Å². The number of methoxy groups -OCH3 is 1. The first kappa shape index (κ1) is 27.3. The normalized spacial score (nSPS) is 17.3. The number of rotatable bonds is 9. The number of oxazole rings is 2. The highest BCUT2D eigenvalue weighted by molar-refractivity contribution is 5.74. The van der Waals surface area contributed by atoms with Gasteiger partial charge in [0, 0.05) is 25.1 Å². The van der Waals surface area contributed by atoms with Crippen LogP contribution in [0, 0.1) is 18.8 Å². The Kier molecular flexibility index (Phi) is 7.81. The van der Waals surface area contributed by atoms with E-state index in [9.17, 15) is 18.0 Å². The van der Waals surface area contributed by atoms with Gasteiger partial charge in [-0.15, -0.1) is 0 Å². The summed E-state index contributed by atoms with van der Waals surface area (Å²) in [6.45, 7) is 2.76. The quantitative estimate of drug-likeness (QED) is 0.241. The summed E-state index contributed by atoms with van der Waals surface area (Å²) in [7, 11) is 1.30. The molecule has 1 aliphatic heterocycles. The Morgan fingerprint density at radius 2 is 1.82 bits per heavy atom. The number of nitrogens with zero attached hydrogens (tertiary/aromatic N) is 3. The van der Waals surface area contributed by atoms with Crippen LogP contribution in [0.3, 0.4) is 0 Å². The fraction of sp³-hybridized carbons (Fsp3) is 0.345. The summed E-state index contributed by atoms with van der Waals surface area (Å²) < 4.78 is 60.6. The monoisotopic (exact) mass is 555 g/mol. The standard InChI is InChI=1S/C29H28F3N3O5/c1-18-24(33-26(40-18)20-6-4-3-5-7-20)12-13-38-22-10-8-19(9-11-22)14-21-15-35(16-23(21)27(36)37-2)28-34-25(17-39-28)29(30,31)32/h3-11,17,21,23H,12-16H2,1-2H3/t21-,23+/m1/s1. The van der Waals surface area contributed by atoms with Crippen LogP contribution in [0.15, 0.2) is 69.7 Å². The number of carbonyl (C=O) groups is 1. The molecule has 8 nitrogen and oxygen atoms in total. The maximum absolute atomic E-state index is 13.0. The number of alkyl halides is 3. The largest absolute Gasteiger partial charge is 0.493 e. The highest BCUT2D eigenvalue weighted by Gasteiger charge is 2.41. The topological polar surface area (TPSA) is 90.8 Å². The molecule has 0 N–H and O–H groups in total. The van der Waals surface area contributed by atoms with Gasteiger partial charge in [0.1, 0.15) is 17.8 Å². The van der Waals surface area contributed by atoms with Gasteiger partial charge in [-0.1, -0.05) is 30.3 Å². The van der Waals surface area contributed by atoms with Crippen LogP contribution in [0.25, 0.3) is 11.5 Å². The molecule has 0 amide bonds. The molecule has 1 aliphatic rings. The van der Waals surface area contributed by atoms with E-state index in [1.54, 1.807) is 4.90 Å². The van der Waals surface area contributed by atoms with Crippen molar-refractivity contribution < 1.29 is 36.3 Å². The second kappa shape index (κ2) is 11.4. The molecule has 0 aliphatic carbocycles. The van der Waals surface area contributed by atoms with Gasteiger partial charge >= 0.3 is 12.1 Å². The first-order chi connectivity index (χ1) is 19.2. The van der Waals surface area contributed by atoms with Gasteiger partial charge in [0.25, 0.3) is 6.01 Å². The number of anilines is 1. The first-order valence-corrected chi connectivity index (χ1v) is 12.8. The third-order valence-corrected chi connectivity index (χ3v) is 6.94. The summed E-state index contributed by atoms with van der Waals surface area (Å²) in [6.07, 6.45) is -2.92. The fourth-order valence-corrected chi connectivity index (χ4v) is 4.85. The maximum atomic E-state index is 13.0. The molecular weight excluding hydrogens is 527 g/mol. The van der Waals surface area contributed by atoms with E-state index in [4.69, 9.17) is 18.3 Å². The Morgan fingerprint density at radius 1 is 1.07 bits per heavy atom. The third kappa shape index (κ3) is 6.13. The second-order valence-electron chi connectivity index (χ2n) is 9.64. The lowest BCUT2D eigenvalue weighted by atomic mass is 9.90. The summed E-state index contributed by atoms with van der Waals surface area (Å²) in [5.74, 6) is 0.863. The predicted molar refractivity (Wildman–Crippen MR) is 139 cm³/mol. The molecule has 2 aromatic carbocycles. The van der Waals surface area contributed by atoms with Crippen LogP contribution >= 0.6 is 0 Å². The number of esters is 1. The molecule has 4 aromatic rings. The Balaban J connectivity index is 1.18. The summed E-state index contributed by atoms with van der Waals surface area (Å²) >= 11 is 0. The van der Waals surface area contributed by atoms with E-state index in [0.29, 0.717) is 43.9 Å². The number of ether oxygens (including phenoxy) is 2. The predicted octanol–water partition coefficient (Wildman–Crippen LogP) is 5.75. The minimum absolute atomic E-state index is 0.157. The van der Waals surface area contributed by atoms with Crippen molar-refractivity contribution in [2.75, 3.05) is 31.7 Å². The zero-order valence-electron chi connectivity index (χ0n) is 22.0. The van der Waals surface area contributed by atoms with E-state index in [1.165, 1.54) is 7.11 Å². The van der Waals surface area contributed by atoms with Gasteiger partial charge in [-0.2, -0.15) is 18.2 Å². The molecule has 2 aromatic heterocycles. The van der Waals surface area contributed by atoms with Crippen molar-refractivity contribution in [2.24, 2.45) is 11.8 Å². The molecular formula is C29H28F3N3O5. The highest BCUT2D eigenvalue weighted by atomic mass is 19.4. The Hall–Kier alpha value is -4.28. The number of aryl methyl sites for hydroxylation is 1. The maximum Gasteiger partial charge on any atom is 0.436 e. The van der Waals surface area contributed by atoms with Crippen molar-refractivity contribution in [2.45, 2.75) is 25.9 Å². The van der Waals surface area contributed by atoms with Crippen LogP contribution in [0.4, 0.5) is 19.2 Å². The first-order valence-electron chi connectivity index (χ1n) is 12.8. The van der Waals surface area contributed by atoms with Gasteiger partial charge in [0.05, 0.1) is 25.3 Å². The van der Waals surface area contributed by atoms with E-state index < -0.39 is 23.8 Å². The molecule has 210 valence electrons. The average molecular weight is 556 g/mol. The van der Waals surface area contributed by atoms with Crippen LogP contribution < -0.4 is 9.64 Å². The minimum atomic E-state index is -4.61. The molecule has 1 fully saturated rings. The minimum Gasteiger partial charge on any atom is -0.493 e. The van der Waals surface area contributed by atoms with Crippen LogP contribution in [-0.2, 0) is 28.5 Å². The molecule has 0 spiro atoms. The van der Waals surface area contributed by atoms with Gasteiger partial charge in [0.2, 0.25) is 5.89 Å². The number of carbonyl (C=O) groups excluding carboxylic acids is 1. The number of benzene rings is 2. The average Bonchev–Trinajstić information content (AvgIpc) is 3.69. The van der Waals surface area contributed by atoms with Gasteiger partial charge in [-0.25, -0.2) is 4.98 Å². The number of halogens is 3. The van der Waals surface area contributed by atoms with Gasteiger partial charge in [-0.05, 0) is 49.1 Å². The summed E-state index contributed by atoms with van der Waals surface area (Å²) in [5.41, 5.74) is 1.60. The molecule has 11 heteroatoms. The van der Waals surface area contributed by atoms with E-state index in [1.807, 2.05) is 61.5 Å². The van der Waals surface area contributed by atoms with Crippen molar-refractivity contribution in [3.05, 3.63) is 83.6 Å². The molecule has 5 rings (SSSR count). The van der Waals surface area contributed by atoms with Crippen molar-refractivity contribution in [3.63, 3.8) is 0 Å². The third-order valence-electron chi connectivity index (χ3n) is 6.94. The Morgan fingerprint density at radius 3 is 2.50 bits per heavy atom. The van der Waals surface area contributed by atoms with Crippen LogP contribution in [-0.4, -0.2) is 42.7 Å². The zero-order chi connectivity index (χ0) is 28.3. The molecule has 1 saturated heterocycles. The number of hydrogen-bond donors (Lipinski definition) is 0. The van der Waals surface area contributed by atoms with Gasteiger partial charge in [0.15, 0.2) is 5.69 Å². The molecule has 0 unspecified atom stereocenters. The molecule has 0 saturated carbocycles. The second-order valence-corrected chi connectivity index (χ2v) is 9.64. The highest BCUT2D eigenvalue weighted by Crippen LogP contribution is 2.35. The van der Waals surface area contributed by atoms with Crippen LogP contribution in [0.2, 0.25) is 0 Å². The Labute approximate surface area is 228 Å². The van der Waals surface area contributed by atoms with E-state index in [0.717, 1.165) is 22.6 Å². The summed E-state index contributed by atoms with van der Waals surface area (Å²) in [5, 5.41) is 0. The van der Waals surface area contributed by atoms with E-state index in [2.05, 4.69) is 9.97 Å². The van der Waals surface area contributed by atoms with Crippen molar-refractivity contribution in [1.29, 1.82) is 0 Å². The SMILES string of the molecule is COC(=O)[C@H]1CN(c2nc(C(F)(F)F)co2)C[C@H]1Cc1ccc(OCCc2nc(-c3ccccc3)oc2C)cc1. The zero-order valence-corrected chi connectivity index (χ0v) is 22.0. The van der Waals surface area contributed by atoms with Crippen LogP contribution in [0.1, 0.15) is 22.7 Å². The van der Waals surface area contributed by atoms with Crippen molar-refractivity contribution in [1.82, 2.24) is 9.97 Å². The van der Waals surface area contributed by atoms with E-state index in [-0.39, 0.29) is 18.5 Å². The summed E-state index contributed by atoms with van der Waals surface area (Å²) in [6, 6.07) is 17.1. The molecule has 3 heterocycles. The van der Waals surface area contributed by atoms with Crippen molar-refractivity contribution in [3.8, 4) is 17.2 Å². The van der Waals surface area contributed by atoms with Crippen molar-refractivity contribution >= 4 is 12.0 Å². The molecule has 40 heavy (non-hydrogen) atoms. The number of hydrogen-bond acceptors (Lipinski definition) is 8. The summed E-state index contributed by atoms with van der Waals surface area (Å²) in [4.78, 5) is 22.2. The lowest BCUT2D eigenvalue weighted by molar-refractivity contribution is -0.146. The van der Waals surface area contributed by atoms with E-state index >= 15 is 0 Å². The molecule has 0 bridgehead atoms.